The van der Waals surface area contributed by atoms with Crippen molar-refractivity contribution < 1.29 is 24.2 Å². The number of benzene rings is 4. The number of carbonyl (C=O) groups excluding carboxylic acids is 2. The third-order valence-electron chi connectivity index (χ3n) is 8.08. The summed E-state index contributed by atoms with van der Waals surface area (Å²) in [6.07, 6.45) is 0.727. The van der Waals surface area contributed by atoms with E-state index in [0.717, 1.165) is 38.2 Å². The lowest BCUT2D eigenvalue weighted by Crippen LogP contribution is -2.29. The maximum absolute atomic E-state index is 13.8. The molecule has 1 N–H and O–H groups in total. The molecular formula is C36H30N2O5S. The summed E-state index contributed by atoms with van der Waals surface area (Å²) in [5.74, 6) is -0.303. The Hall–Kier alpha value is -4.95. The standard InChI is InChI=1S/C36H30N2O5S/c1-20-15-21(2)31-29(16-20)44-36(37-31)38-32(24-9-12-27(13-10-24)42-19-23-7-5-4-6-8-23)30(34(40)35(38)41)33(39)25-11-14-28-26(18-25)17-22(3)43-28/h4-16,18,22,32,39H,17,19H2,1-3H3/b33-30+/t22-,32+/m0/s1. The molecule has 8 heteroatoms. The van der Waals surface area contributed by atoms with Crippen LogP contribution in [0.1, 0.15) is 46.3 Å². The Morgan fingerprint density at radius 1 is 1.02 bits per heavy atom. The lowest BCUT2D eigenvalue weighted by Gasteiger charge is -2.23. The monoisotopic (exact) mass is 602 g/mol. The highest BCUT2D eigenvalue weighted by atomic mass is 32.1. The predicted octanol–water partition coefficient (Wildman–Crippen LogP) is 7.44. The number of ketones is 1. The molecule has 3 heterocycles. The SMILES string of the molecule is Cc1cc(C)c2nc(N3C(=O)C(=O)/C(=C(/O)c4ccc5c(c4)C[C@H](C)O5)[C@H]3c3ccc(OCc4ccccc4)cc3)sc2c1. The van der Waals surface area contributed by atoms with Crippen molar-refractivity contribution in [2.24, 2.45) is 0 Å². The van der Waals surface area contributed by atoms with Gasteiger partial charge in [-0.1, -0.05) is 59.9 Å². The number of Topliss-reactive ketones (excluding diaryl/α,β-unsaturated/α-hetero) is 1. The van der Waals surface area contributed by atoms with Gasteiger partial charge in [0.15, 0.2) is 5.13 Å². The van der Waals surface area contributed by atoms with Crippen LogP contribution in [0.5, 0.6) is 11.5 Å². The quantitative estimate of drug-likeness (QED) is 0.123. The van der Waals surface area contributed by atoms with Crippen LogP contribution in [-0.4, -0.2) is 27.9 Å². The molecule has 1 fully saturated rings. The molecule has 2 aliphatic rings. The smallest absolute Gasteiger partial charge is 0.301 e. The largest absolute Gasteiger partial charge is 0.507 e. The van der Waals surface area contributed by atoms with Gasteiger partial charge in [-0.15, -0.1) is 0 Å². The van der Waals surface area contributed by atoms with Crippen LogP contribution < -0.4 is 14.4 Å². The van der Waals surface area contributed by atoms with Crippen molar-refractivity contribution in [2.45, 2.75) is 45.9 Å². The molecule has 0 saturated carbocycles. The van der Waals surface area contributed by atoms with Gasteiger partial charge < -0.3 is 14.6 Å². The zero-order valence-electron chi connectivity index (χ0n) is 24.5. The van der Waals surface area contributed by atoms with Crippen LogP contribution in [0.3, 0.4) is 0 Å². The number of aliphatic hydroxyl groups is 1. The fourth-order valence-electron chi connectivity index (χ4n) is 6.02. The third kappa shape index (κ3) is 4.91. The Kier molecular flexibility index (Phi) is 6.94. The number of aliphatic hydroxyl groups excluding tert-OH is 1. The fourth-order valence-corrected chi connectivity index (χ4v) is 7.19. The Morgan fingerprint density at radius 3 is 2.57 bits per heavy atom. The number of aryl methyl sites for hydroxylation is 2. The Balaban J connectivity index is 1.32. The van der Waals surface area contributed by atoms with E-state index in [4.69, 9.17) is 14.5 Å². The topological polar surface area (TPSA) is 89.0 Å². The molecule has 1 saturated heterocycles. The van der Waals surface area contributed by atoms with Crippen molar-refractivity contribution in [3.05, 3.63) is 124 Å². The molecule has 0 bridgehead atoms. The highest BCUT2D eigenvalue weighted by Gasteiger charge is 2.48. The highest BCUT2D eigenvalue weighted by Crippen LogP contribution is 2.45. The number of carbonyl (C=O) groups is 2. The molecular weight excluding hydrogens is 572 g/mol. The van der Waals surface area contributed by atoms with E-state index >= 15 is 0 Å². The molecule has 2 aliphatic heterocycles. The fraction of sp³-hybridized carbons (Fsp3) is 0.194. The average Bonchev–Trinajstić information content (AvgIpc) is 3.69. The van der Waals surface area contributed by atoms with E-state index in [9.17, 15) is 14.7 Å². The maximum Gasteiger partial charge on any atom is 0.301 e. The number of anilines is 1. The Bertz CT molecular complexity index is 1960. The van der Waals surface area contributed by atoms with Gasteiger partial charge in [0.25, 0.3) is 5.78 Å². The number of fused-ring (bicyclic) bond motifs is 2. The summed E-state index contributed by atoms with van der Waals surface area (Å²) < 4.78 is 12.7. The number of rotatable bonds is 6. The van der Waals surface area contributed by atoms with Gasteiger partial charge in [-0.2, -0.15) is 0 Å². The Morgan fingerprint density at radius 2 is 1.80 bits per heavy atom. The molecule has 7 nitrogen and oxygen atoms in total. The van der Waals surface area contributed by atoms with Crippen LogP contribution in [0.4, 0.5) is 5.13 Å². The number of hydrogen-bond acceptors (Lipinski definition) is 7. The van der Waals surface area contributed by atoms with Gasteiger partial charge in [-0.05, 0) is 85.0 Å². The number of hydrogen-bond donors (Lipinski definition) is 1. The average molecular weight is 603 g/mol. The summed E-state index contributed by atoms with van der Waals surface area (Å²) in [6, 6.07) is 25.7. The summed E-state index contributed by atoms with van der Waals surface area (Å²) in [7, 11) is 0. The van der Waals surface area contributed by atoms with Gasteiger partial charge >= 0.3 is 5.91 Å². The first kappa shape index (κ1) is 27.9. The second kappa shape index (κ2) is 11.0. The van der Waals surface area contributed by atoms with Crippen LogP contribution in [0.2, 0.25) is 0 Å². The minimum atomic E-state index is -0.886. The molecule has 220 valence electrons. The van der Waals surface area contributed by atoms with Crippen LogP contribution >= 0.6 is 11.3 Å². The zero-order chi connectivity index (χ0) is 30.5. The third-order valence-corrected chi connectivity index (χ3v) is 9.08. The molecule has 0 unspecified atom stereocenters. The maximum atomic E-state index is 13.8. The van der Waals surface area contributed by atoms with Gasteiger partial charge in [-0.3, -0.25) is 14.5 Å². The summed E-state index contributed by atoms with van der Waals surface area (Å²) in [5, 5.41) is 12.1. The molecule has 0 spiro atoms. The number of amides is 1. The summed E-state index contributed by atoms with van der Waals surface area (Å²) in [6.45, 7) is 6.39. The molecule has 0 aliphatic carbocycles. The van der Waals surface area contributed by atoms with Crippen LogP contribution in [0.25, 0.3) is 16.0 Å². The van der Waals surface area contributed by atoms with Crippen molar-refractivity contribution in [2.75, 3.05) is 4.90 Å². The van der Waals surface area contributed by atoms with Gasteiger partial charge in [0.2, 0.25) is 0 Å². The Labute approximate surface area is 259 Å². The van der Waals surface area contributed by atoms with Crippen molar-refractivity contribution in [3.63, 3.8) is 0 Å². The minimum absolute atomic E-state index is 0.0204. The van der Waals surface area contributed by atoms with Gasteiger partial charge in [0.05, 0.1) is 21.8 Å². The normalized spacial score (nSPS) is 18.9. The molecule has 0 radical (unpaired) electrons. The van der Waals surface area contributed by atoms with Crippen LogP contribution in [-0.2, 0) is 22.6 Å². The number of thiazole rings is 1. The van der Waals surface area contributed by atoms with Crippen LogP contribution in [0.15, 0.2) is 90.5 Å². The molecule has 1 amide bonds. The number of nitrogens with zero attached hydrogens (tertiary/aromatic N) is 2. The number of aromatic nitrogens is 1. The molecule has 4 aromatic carbocycles. The highest BCUT2D eigenvalue weighted by molar-refractivity contribution is 7.22. The summed E-state index contributed by atoms with van der Waals surface area (Å²) in [5.41, 5.74) is 5.99. The summed E-state index contributed by atoms with van der Waals surface area (Å²) in [4.78, 5) is 33.8. The van der Waals surface area contributed by atoms with E-state index < -0.39 is 17.7 Å². The summed E-state index contributed by atoms with van der Waals surface area (Å²) >= 11 is 1.36. The lowest BCUT2D eigenvalue weighted by atomic mass is 9.94. The minimum Gasteiger partial charge on any atom is -0.507 e. The first-order valence-electron chi connectivity index (χ1n) is 14.5. The second-order valence-corrected chi connectivity index (χ2v) is 12.4. The zero-order valence-corrected chi connectivity index (χ0v) is 25.4. The van der Waals surface area contributed by atoms with E-state index in [-0.39, 0.29) is 17.4 Å². The van der Waals surface area contributed by atoms with Gasteiger partial charge in [0, 0.05) is 12.0 Å². The van der Waals surface area contributed by atoms with E-state index in [2.05, 4.69) is 0 Å². The van der Waals surface area contributed by atoms with Crippen molar-refractivity contribution in [3.8, 4) is 11.5 Å². The first-order valence-corrected chi connectivity index (χ1v) is 15.3. The van der Waals surface area contributed by atoms with Gasteiger partial charge in [0.1, 0.15) is 30.0 Å². The van der Waals surface area contributed by atoms with E-state index in [1.54, 1.807) is 12.1 Å². The molecule has 7 rings (SSSR count). The van der Waals surface area contributed by atoms with E-state index in [1.165, 1.54) is 16.2 Å². The molecule has 1 aromatic heterocycles. The van der Waals surface area contributed by atoms with Crippen molar-refractivity contribution in [1.29, 1.82) is 0 Å². The molecule has 44 heavy (non-hydrogen) atoms. The van der Waals surface area contributed by atoms with E-state index in [0.29, 0.717) is 35.0 Å². The number of ether oxygens (including phenoxy) is 2. The van der Waals surface area contributed by atoms with Crippen molar-refractivity contribution in [1.82, 2.24) is 4.98 Å². The molecule has 2 atom stereocenters. The molecule has 5 aromatic rings. The van der Waals surface area contributed by atoms with Crippen molar-refractivity contribution >= 4 is 44.1 Å². The predicted molar refractivity (Wildman–Crippen MR) is 171 cm³/mol. The van der Waals surface area contributed by atoms with E-state index in [1.807, 2.05) is 93.6 Å². The lowest BCUT2D eigenvalue weighted by molar-refractivity contribution is -0.132. The first-order chi connectivity index (χ1) is 21.3. The van der Waals surface area contributed by atoms with Crippen LogP contribution in [0, 0.1) is 13.8 Å². The second-order valence-electron chi connectivity index (χ2n) is 11.4. The van der Waals surface area contributed by atoms with Gasteiger partial charge in [-0.25, -0.2) is 4.98 Å².